The molecule has 1 saturated heterocycles. The highest BCUT2D eigenvalue weighted by Gasteiger charge is 2.31. The third-order valence-corrected chi connectivity index (χ3v) is 6.85. The predicted molar refractivity (Wildman–Crippen MR) is 93.2 cm³/mol. The lowest BCUT2D eigenvalue weighted by molar-refractivity contribution is -0.126. The number of amides is 1. The summed E-state index contributed by atoms with van der Waals surface area (Å²) in [6.45, 7) is 2.45. The molecule has 3 heterocycles. The number of aromatic nitrogens is 2. The molecule has 0 aromatic carbocycles. The zero-order chi connectivity index (χ0) is 17.9. The lowest BCUT2D eigenvalue weighted by atomic mass is 9.99. The highest BCUT2D eigenvalue weighted by Crippen LogP contribution is 2.22. The molecule has 0 unspecified atom stereocenters. The second-order valence-electron chi connectivity index (χ2n) is 5.80. The van der Waals surface area contributed by atoms with Crippen molar-refractivity contribution in [1.82, 2.24) is 19.8 Å². The summed E-state index contributed by atoms with van der Waals surface area (Å²) in [5.74, 6) is 0.332. The van der Waals surface area contributed by atoms with Crippen LogP contribution in [0.1, 0.15) is 25.7 Å². The molecular formula is C15H20N4O4S2. The number of rotatable bonds is 6. The zero-order valence-electron chi connectivity index (χ0n) is 13.8. The van der Waals surface area contributed by atoms with Gasteiger partial charge >= 0.3 is 0 Å². The van der Waals surface area contributed by atoms with Crippen molar-refractivity contribution in [3.8, 4) is 10.7 Å². The Hall–Kier alpha value is -1.78. The van der Waals surface area contributed by atoms with Gasteiger partial charge in [0.1, 0.15) is 0 Å². The van der Waals surface area contributed by atoms with E-state index < -0.39 is 10.0 Å². The molecule has 136 valence electrons. The van der Waals surface area contributed by atoms with Gasteiger partial charge in [0.2, 0.25) is 27.6 Å². The fraction of sp³-hybridized carbons (Fsp3) is 0.533. The van der Waals surface area contributed by atoms with Crippen LogP contribution in [0, 0.1) is 5.92 Å². The van der Waals surface area contributed by atoms with Crippen LogP contribution < -0.4 is 5.32 Å². The molecule has 0 radical (unpaired) electrons. The summed E-state index contributed by atoms with van der Waals surface area (Å²) in [5.41, 5.74) is 0. The van der Waals surface area contributed by atoms with E-state index in [-0.39, 0.29) is 30.7 Å². The summed E-state index contributed by atoms with van der Waals surface area (Å²) < 4.78 is 30.5. The van der Waals surface area contributed by atoms with Crippen LogP contribution in [-0.2, 0) is 21.4 Å². The maximum absolute atomic E-state index is 12.3. The SMILES string of the molecule is CCS(=O)(=O)N1CCC[C@H](C(=O)NCc2nc(-c3cccs3)no2)C1. The number of carbonyl (C=O) groups excluding carboxylic acids is 1. The summed E-state index contributed by atoms with van der Waals surface area (Å²) in [6.07, 6.45) is 1.35. The third kappa shape index (κ3) is 4.25. The summed E-state index contributed by atoms with van der Waals surface area (Å²) in [6, 6.07) is 3.79. The Labute approximate surface area is 150 Å². The van der Waals surface area contributed by atoms with Gasteiger partial charge in [-0.2, -0.15) is 4.98 Å². The van der Waals surface area contributed by atoms with E-state index in [1.54, 1.807) is 6.92 Å². The highest BCUT2D eigenvalue weighted by molar-refractivity contribution is 7.89. The third-order valence-electron chi connectivity index (χ3n) is 4.14. The Morgan fingerprint density at radius 3 is 3.08 bits per heavy atom. The number of nitrogens with zero attached hydrogens (tertiary/aromatic N) is 3. The van der Waals surface area contributed by atoms with Crippen LogP contribution in [0.2, 0.25) is 0 Å². The molecule has 1 aliphatic rings. The molecule has 0 spiro atoms. The fourth-order valence-electron chi connectivity index (χ4n) is 2.73. The van der Waals surface area contributed by atoms with Gasteiger partial charge in [-0.25, -0.2) is 12.7 Å². The van der Waals surface area contributed by atoms with E-state index in [1.165, 1.54) is 15.6 Å². The average Bonchev–Trinajstić information content (AvgIpc) is 3.31. The van der Waals surface area contributed by atoms with Crippen LogP contribution in [0.4, 0.5) is 0 Å². The van der Waals surface area contributed by atoms with E-state index in [9.17, 15) is 13.2 Å². The number of thiophene rings is 1. The Bertz CT molecular complexity index is 816. The number of hydrogen-bond acceptors (Lipinski definition) is 7. The molecule has 10 heteroatoms. The second-order valence-corrected chi connectivity index (χ2v) is 9.01. The van der Waals surface area contributed by atoms with E-state index in [0.29, 0.717) is 31.1 Å². The molecule has 2 aromatic rings. The summed E-state index contributed by atoms with van der Waals surface area (Å²) in [4.78, 5) is 17.5. The van der Waals surface area contributed by atoms with Crippen molar-refractivity contribution < 1.29 is 17.7 Å². The Morgan fingerprint density at radius 1 is 1.52 bits per heavy atom. The van der Waals surface area contributed by atoms with E-state index in [0.717, 1.165) is 4.88 Å². The maximum Gasteiger partial charge on any atom is 0.246 e. The van der Waals surface area contributed by atoms with Gasteiger partial charge in [-0.3, -0.25) is 4.79 Å². The van der Waals surface area contributed by atoms with Crippen molar-refractivity contribution in [1.29, 1.82) is 0 Å². The first-order valence-electron chi connectivity index (χ1n) is 8.11. The molecule has 1 atom stereocenters. The van der Waals surface area contributed by atoms with E-state index in [4.69, 9.17) is 4.52 Å². The fourth-order valence-corrected chi connectivity index (χ4v) is 4.56. The van der Waals surface area contributed by atoms with Crippen LogP contribution in [-0.4, -0.2) is 47.6 Å². The first-order valence-corrected chi connectivity index (χ1v) is 10.6. The van der Waals surface area contributed by atoms with Crippen molar-refractivity contribution in [2.45, 2.75) is 26.3 Å². The van der Waals surface area contributed by atoms with Gasteiger partial charge in [-0.15, -0.1) is 11.3 Å². The molecule has 3 rings (SSSR count). The standard InChI is InChI=1S/C15H20N4O4S2/c1-2-25(21,22)19-7-3-5-11(10-19)15(20)16-9-13-17-14(18-23-13)12-6-4-8-24-12/h4,6,8,11H,2-3,5,7,9-10H2,1H3,(H,16,20)/t11-/m0/s1. The Kier molecular flexibility index (Phi) is 5.50. The summed E-state index contributed by atoms with van der Waals surface area (Å²) >= 11 is 1.51. The maximum atomic E-state index is 12.3. The average molecular weight is 384 g/mol. The van der Waals surface area contributed by atoms with Crippen LogP contribution >= 0.6 is 11.3 Å². The first kappa shape index (κ1) is 18.0. The van der Waals surface area contributed by atoms with Crippen molar-refractivity contribution >= 4 is 27.3 Å². The van der Waals surface area contributed by atoms with Gasteiger partial charge in [-0.1, -0.05) is 11.2 Å². The second kappa shape index (κ2) is 7.63. The van der Waals surface area contributed by atoms with Gasteiger partial charge in [0, 0.05) is 13.1 Å². The molecule has 1 N–H and O–H groups in total. The summed E-state index contributed by atoms with van der Waals surface area (Å²) in [5, 5.41) is 8.58. The summed E-state index contributed by atoms with van der Waals surface area (Å²) in [7, 11) is -3.26. The topological polar surface area (TPSA) is 105 Å². The van der Waals surface area contributed by atoms with Gasteiger partial charge < -0.3 is 9.84 Å². The molecule has 1 amide bonds. The molecule has 0 saturated carbocycles. The minimum atomic E-state index is -3.26. The highest BCUT2D eigenvalue weighted by atomic mass is 32.2. The Balaban J connectivity index is 1.56. The molecule has 2 aromatic heterocycles. The normalized spacial score (nSPS) is 19.0. The smallest absolute Gasteiger partial charge is 0.246 e. The molecule has 0 bridgehead atoms. The molecule has 8 nitrogen and oxygen atoms in total. The van der Waals surface area contributed by atoms with Crippen molar-refractivity contribution in [3.05, 3.63) is 23.4 Å². The number of piperidine rings is 1. The van der Waals surface area contributed by atoms with Crippen LogP contribution in [0.25, 0.3) is 10.7 Å². The van der Waals surface area contributed by atoms with Crippen LogP contribution in [0.15, 0.2) is 22.0 Å². The van der Waals surface area contributed by atoms with Crippen molar-refractivity contribution in [2.24, 2.45) is 5.92 Å². The van der Waals surface area contributed by atoms with Crippen molar-refractivity contribution in [3.63, 3.8) is 0 Å². The van der Waals surface area contributed by atoms with Crippen LogP contribution in [0.3, 0.4) is 0 Å². The van der Waals surface area contributed by atoms with Crippen LogP contribution in [0.5, 0.6) is 0 Å². The molecule has 1 fully saturated rings. The predicted octanol–water partition coefficient (Wildman–Crippen LogP) is 1.48. The molecule has 0 aliphatic carbocycles. The molecule has 1 aliphatic heterocycles. The van der Waals surface area contributed by atoms with Crippen molar-refractivity contribution in [2.75, 3.05) is 18.8 Å². The number of hydrogen-bond donors (Lipinski definition) is 1. The number of carbonyl (C=O) groups is 1. The number of nitrogens with one attached hydrogen (secondary N) is 1. The monoisotopic (exact) mass is 384 g/mol. The first-order chi connectivity index (χ1) is 12.0. The van der Waals surface area contributed by atoms with Gasteiger partial charge in [-0.05, 0) is 31.2 Å². The number of sulfonamides is 1. The quantitative estimate of drug-likeness (QED) is 0.809. The van der Waals surface area contributed by atoms with Gasteiger partial charge in [0.15, 0.2) is 0 Å². The lowest BCUT2D eigenvalue weighted by Crippen LogP contribution is -2.45. The van der Waals surface area contributed by atoms with Gasteiger partial charge in [0.25, 0.3) is 0 Å². The van der Waals surface area contributed by atoms with E-state index in [1.807, 2.05) is 17.5 Å². The minimum Gasteiger partial charge on any atom is -0.347 e. The molecule has 25 heavy (non-hydrogen) atoms. The largest absolute Gasteiger partial charge is 0.347 e. The van der Waals surface area contributed by atoms with E-state index in [2.05, 4.69) is 15.5 Å². The van der Waals surface area contributed by atoms with E-state index >= 15 is 0 Å². The molecular weight excluding hydrogens is 364 g/mol. The zero-order valence-corrected chi connectivity index (χ0v) is 15.5. The lowest BCUT2D eigenvalue weighted by Gasteiger charge is -2.30. The van der Waals surface area contributed by atoms with Gasteiger partial charge in [0.05, 0.1) is 23.1 Å². The Morgan fingerprint density at radius 2 is 2.36 bits per heavy atom. The minimum absolute atomic E-state index is 0.0504.